The van der Waals surface area contributed by atoms with Gasteiger partial charge in [-0.3, -0.25) is 0 Å². The minimum Gasteiger partial charge on any atom is -0.497 e. The highest BCUT2D eigenvalue weighted by Gasteiger charge is 1.95. The van der Waals surface area contributed by atoms with Gasteiger partial charge in [0, 0.05) is 0 Å². The van der Waals surface area contributed by atoms with Gasteiger partial charge in [0.1, 0.15) is 5.75 Å². The summed E-state index contributed by atoms with van der Waals surface area (Å²) in [5, 5.41) is 1.42. The van der Waals surface area contributed by atoms with E-state index in [9.17, 15) is 0 Å². The van der Waals surface area contributed by atoms with Gasteiger partial charge in [0.2, 0.25) is 0 Å². The van der Waals surface area contributed by atoms with E-state index < -0.39 is 0 Å². The molecule has 0 saturated heterocycles. The average molecular weight is 230 g/mol. The highest BCUT2D eigenvalue weighted by atomic mass is 31.1. The number of hydrogen-bond donors (Lipinski definition) is 0. The fourth-order valence-corrected chi connectivity index (χ4v) is 2.58. The number of benzene rings is 2. The van der Waals surface area contributed by atoms with Gasteiger partial charge in [-0.05, 0) is 29.2 Å². The molecule has 0 spiro atoms. The predicted octanol–water partition coefficient (Wildman–Crippen LogP) is 3.20. The van der Waals surface area contributed by atoms with Crippen molar-refractivity contribution in [3.05, 3.63) is 60.2 Å². The molecule has 0 heterocycles. The smallest absolute Gasteiger partial charge is 0.118 e. The van der Waals surface area contributed by atoms with Crippen LogP contribution < -0.4 is 10.0 Å². The minimum atomic E-state index is 0.839. The number of rotatable bonds is 4. The largest absolute Gasteiger partial charge is 0.497 e. The summed E-state index contributed by atoms with van der Waals surface area (Å²) in [6.07, 6.45) is 1.11. The van der Waals surface area contributed by atoms with Crippen molar-refractivity contribution in [3.8, 4) is 5.75 Å². The van der Waals surface area contributed by atoms with E-state index in [-0.39, 0.29) is 0 Å². The first-order chi connectivity index (χ1) is 7.88. The average Bonchev–Trinajstić information content (AvgIpc) is 2.38. The first kappa shape index (κ1) is 11.2. The van der Waals surface area contributed by atoms with Crippen LogP contribution in [0.15, 0.2) is 54.6 Å². The Morgan fingerprint density at radius 3 is 2.25 bits per heavy atom. The molecule has 1 unspecified atom stereocenters. The van der Waals surface area contributed by atoms with E-state index in [1.165, 1.54) is 10.9 Å². The fourth-order valence-electron chi connectivity index (χ4n) is 1.50. The molecule has 2 rings (SSSR count). The lowest BCUT2D eigenvalue weighted by Crippen LogP contribution is -1.92. The van der Waals surface area contributed by atoms with Crippen LogP contribution in [0.4, 0.5) is 0 Å². The van der Waals surface area contributed by atoms with Crippen LogP contribution in [0.2, 0.25) is 0 Å². The molecule has 0 aliphatic heterocycles. The molecule has 2 aromatic rings. The van der Waals surface area contributed by atoms with Crippen molar-refractivity contribution in [3.63, 3.8) is 0 Å². The Morgan fingerprint density at radius 1 is 0.938 bits per heavy atom. The molecule has 0 aliphatic carbocycles. The van der Waals surface area contributed by atoms with Gasteiger partial charge in [0.05, 0.1) is 7.11 Å². The molecule has 2 heteroatoms. The third-order valence-electron chi connectivity index (χ3n) is 2.43. The molecular formula is C14H15OP. The molecule has 1 atom stereocenters. The Balaban J connectivity index is 1.94. The second-order valence-electron chi connectivity index (χ2n) is 3.57. The van der Waals surface area contributed by atoms with Gasteiger partial charge >= 0.3 is 0 Å². The van der Waals surface area contributed by atoms with Gasteiger partial charge in [0.25, 0.3) is 0 Å². The highest BCUT2D eigenvalue weighted by molar-refractivity contribution is 7.46. The van der Waals surface area contributed by atoms with E-state index in [4.69, 9.17) is 4.74 Å². The molecule has 0 amide bonds. The van der Waals surface area contributed by atoms with Gasteiger partial charge in [0.15, 0.2) is 0 Å². The molecule has 0 N–H and O–H groups in total. The van der Waals surface area contributed by atoms with Crippen molar-refractivity contribution in [2.75, 3.05) is 7.11 Å². The van der Waals surface area contributed by atoms with E-state index in [1.807, 2.05) is 12.1 Å². The Hall–Kier alpha value is -1.33. The maximum atomic E-state index is 5.13. The number of methoxy groups -OCH3 is 1. The quantitative estimate of drug-likeness (QED) is 0.733. The zero-order chi connectivity index (χ0) is 11.2. The normalized spacial score (nSPS) is 10.8. The Bertz CT molecular complexity index is 422. The van der Waals surface area contributed by atoms with Crippen molar-refractivity contribution in [2.24, 2.45) is 0 Å². The Labute approximate surface area is 98.2 Å². The molecule has 82 valence electrons. The SMILES string of the molecule is COc1ccc(CPc2ccccc2)cc1. The van der Waals surface area contributed by atoms with Crippen molar-refractivity contribution in [2.45, 2.75) is 6.16 Å². The second kappa shape index (κ2) is 5.67. The fraction of sp³-hybridized carbons (Fsp3) is 0.143. The van der Waals surface area contributed by atoms with Crippen LogP contribution in [0.3, 0.4) is 0 Å². The van der Waals surface area contributed by atoms with E-state index in [0.717, 1.165) is 20.5 Å². The lowest BCUT2D eigenvalue weighted by molar-refractivity contribution is 0.414. The number of hydrogen-bond acceptors (Lipinski definition) is 1. The van der Waals surface area contributed by atoms with Gasteiger partial charge in [-0.25, -0.2) is 0 Å². The summed E-state index contributed by atoms with van der Waals surface area (Å²) in [5.41, 5.74) is 1.36. The van der Waals surface area contributed by atoms with Crippen LogP contribution in [0.25, 0.3) is 0 Å². The molecule has 2 aromatic carbocycles. The molecule has 1 nitrogen and oxygen atoms in total. The van der Waals surface area contributed by atoms with E-state index in [2.05, 4.69) is 42.5 Å². The summed E-state index contributed by atoms with van der Waals surface area (Å²) in [6.45, 7) is 0. The van der Waals surface area contributed by atoms with Crippen molar-refractivity contribution in [1.82, 2.24) is 0 Å². The summed E-state index contributed by atoms with van der Waals surface area (Å²) in [4.78, 5) is 0. The van der Waals surface area contributed by atoms with E-state index in [0.29, 0.717) is 0 Å². The molecule has 0 saturated carbocycles. The lowest BCUT2D eigenvalue weighted by Gasteiger charge is -2.04. The third kappa shape index (κ3) is 3.08. The standard InChI is InChI=1S/C14H15OP/c1-15-13-9-7-12(8-10-13)11-16-14-5-3-2-4-6-14/h2-10,16H,11H2,1H3. The maximum Gasteiger partial charge on any atom is 0.118 e. The molecule has 0 bridgehead atoms. The van der Waals surface area contributed by atoms with Gasteiger partial charge in [-0.1, -0.05) is 51.0 Å². The van der Waals surface area contributed by atoms with Gasteiger partial charge in [-0.15, -0.1) is 0 Å². The highest BCUT2D eigenvalue weighted by Crippen LogP contribution is 2.20. The van der Waals surface area contributed by atoms with Crippen LogP contribution >= 0.6 is 8.58 Å². The first-order valence-corrected chi connectivity index (χ1v) is 6.51. The zero-order valence-corrected chi connectivity index (χ0v) is 10.3. The van der Waals surface area contributed by atoms with Gasteiger partial charge in [-0.2, -0.15) is 0 Å². The van der Waals surface area contributed by atoms with Crippen molar-refractivity contribution in [1.29, 1.82) is 0 Å². The van der Waals surface area contributed by atoms with Crippen LogP contribution in [0.1, 0.15) is 5.56 Å². The minimum absolute atomic E-state index is 0.839. The Morgan fingerprint density at radius 2 is 1.62 bits per heavy atom. The topological polar surface area (TPSA) is 9.23 Å². The number of ether oxygens (including phenoxy) is 1. The third-order valence-corrected chi connectivity index (χ3v) is 3.76. The summed E-state index contributed by atoms with van der Waals surface area (Å²) in [7, 11) is 2.53. The van der Waals surface area contributed by atoms with Crippen LogP contribution in [0, 0.1) is 0 Å². The zero-order valence-electron chi connectivity index (χ0n) is 9.31. The summed E-state index contributed by atoms with van der Waals surface area (Å²) in [6, 6.07) is 18.9. The summed E-state index contributed by atoms with van der Waals surface area (Å²) >= 11 is 0. The lowest BCUT2D eigenvalue weighted by atomic mass is 10.2. The van der Waals surface area contributed by atoms with E-state index >= 15 is 0 Å². The summed E-state index contributed by atoms with van der Waals surface area (Å²) in [5.74, 6) is 0.923. The summed E-state index contributed by atoms with van der Waals surface area (Å²) < 4.78 is 5.13. The van der Waals surface area contributed by atoms with Crippen molar-refractivity contribution >= 4 is 13.9 Å². The molecule has 0 aromatic heterocycles. The molecular weight excluding hydrogens is 215 g/mol. The molecule has 0 aliphatic rings. The predicted molar refractivity (Wildman–Crippen MR) is 71.1 cm³/mol. The second-order valence-corrected chi connectivity index (χ2v) is 4.85. The van der Waals surface area contributed by atoms with Gasteiger partial charge < -0.3 is 4.74 Å². The monoisotopic (exact) mass is 230 g/mol. The van der Waals surface area contributed by atoms with E-state index in [1.54, 1.807) is 7.11 Å². The maximum absolute atomic E-state index is 5.13. The molecule has 0 radical (unpaired) electrons. The van der Waals surface area contributed by atoms with Crippen molar-refractivity contribution < 1.29 is 4.74 Å². The van der Waals surface area contributed by atoms with Crippen LogP contribution in [0.5, 0.6) is 5.75 Å². The molecule has 16 heavy (non-hydrogen) atoms. The first-order valence-electron chi connectivity index (χ1n) is 5.30. The molecule has 0 fully saturated rings. The van der Waals surface area contributed by atoms with Crippen LogP contribution in [-0.4, -0.2) is 7.11 Å². The Kier molecular flexibility index (Phi) is 3.96. The van der Waals surface area contributed by atoms with Crippen LogP contribution in [-0.2, 0) is 6.16 Å².